The summed E-state index contributed by atoms with van der Waals surface area (Å²) in [5, 5.41) is 14.1. The van der Waals surface area contributed by atoms with E-state index >= 15 is 0 Å². The van der Waals surface area contributed by atoms with Gasteiger partial charge < -0.3 is 15.0 Å². The summed E-state index contributed by atoms with van der Waals surface area (Å²) >= 11 is 3.08. The molecule has 0 radical (unpaired) electrons. The van der Waals surface area contributed by atoms with Gasteiger partial charge in [0.2, 0.25) is 0 Å². The summed E-state index contributed by atoms with van der Waals surface area (Å²) in [6, 6.07) is 0.305. The minimum absolute atomic E-state index is 0.0195. The Labute approximate surface area is 121 Å². The van der Waals surface area contributed by atoms with Gasteiger partial charge in [-0.1, -0.05) is 0 Å². The molecule has 2 fully saturated rings. The summed E-state index contributed by atoms with van der Waals surface area (Å²) in [5.74, 6) is 1.04. The van der Waals surface area contributed by atoms with Gasteiger partial charge in [0.05, 0.1) is 17.6 Å². The van der Waals surface area contributed by atoms with Crippen LogP contribution in [-0.4, -0.2) is 41.7 Å². The van der Waals surface area contributed by atoms with Crippen molar-refractivity contribution in [1.82, 2.24) is 10.2 Å². The Morgan fingerprint density at radius 3 is 2.95 bits per heavy atom. The van der Waals surface area contributed by atoms with E-state index < -0.39 is 0 Å². The number of hydrogen-bond acceptors (Lipinski definition) is 5. The molecule has 0 aromatic rings. The minimum Gasteiger partial charge on any atom is -0.378 e. The van der Waals surface area contributed by atoms with Gasteiger partial charge in [0.1, 0.15) is 0 Å². The number of nitro groups is 1. The van der Waals surface area contributed by atoms with Gasteiger partial charge in [0, 0.05) is 41.0 Å². The third kappa shape index (κ3) is 3.39. The molecule has 2 heterocycles. The number of hydrogen-bond donors (Lipinski definition) is 1. The smallest absolute Gasteiger partial charge is 0.350 e. The molecule has 0 amide bonds. The predicted octanol–water partition coefficient (Wildman–Crippen LogP) is 1.89. The molecular formula is C12H20BrN3O3. The lowest BCUT2D eigenvalue weighted by Crippen LogP contribution is -2.48. The number of halogens is 1. The number of ether oxygens (including phenoxy) is 1. The fourth-order valence-corrected chi connectivity index (χ4v) is 3.11. The van der Waals surface area contributed by atoms with E-state index in [0.29, 0.717) is 23.9 Å². The van der Waals surface area contributed by atoms with Crippen molar-refractivity contribution in [2.75, 3.05) is 19.7 Å². The molecular weight excluding hydrogens is 314 g/mol. The molecule has 0 spiro atoms. The lowest BCUT2D eigenvalue weighted by Gasteiger charge is -2.38. The van der Waals surface area contributed by atoms with Gasteiger partial charge in [-0.15, -0.1) is 0 Å². The van der Waals surface area contributed by atoms with Gasteiger partial charge in [-0.3, -0.25) is 10.1 Å². The Balaban J connectivity index is 2.12. The number of rotatable bonds is 3. The first kappa shape index (κ1) is 14.6. The van der Waals surface area contributed by atoms with Gasteiger partial charge in [-0.25, -0.2) is 0 Å². The second-order valence-corrected chi connectivity index (χ2v) is 6.11. The van der Waals surface area contributed by atoms with Crippen molar-refractivity contribution in [3.05, 3.63) is 20.5 Å². The van der Waals surface area contributed by atoms with Crippen LogP contribution in [0.1, 0.15) is 26.7 Å². The van der Waals surface area contributed by atoms with Crippen LogP contribution in [0.25, 0.3) is 0 Å². The van der Waals surface area contributed by atoms with Crippen molar-refractivity contribution < 1.29 is 9.66 Å². The normalized spacial score (nSPS) is 34.1. The summed E-state index contributed by atoms with van der Waals surface area (Å²) in [4.78, 5) is 12.7. The van der Waals surface area contributed by atoms with Gasteiger partial charge in [-0.05, 0) is 26.7 Å². The van der Waals surface area contributed by atoms with E-state index in [-0.39, 0.29) is 9.53 Å². The van der Waals surface area contributed by atoms with Crippen LogP contribution in [-0.2, 0) is 4.74 Å². The highest BCUT2D eigenvalue weighted by atomic mass is 79.9. The summed E-state index contributed by atoms with van der Waals surface area (Å²) in [6.07, 6.45) is 2.31. The van der Waals surface area contributed by atoms with Crippen LogP contribution in [0.2, 0.25) is 0 Å². The molecule has 0 aliphatic carbocycles. The molecule has 2 saturated heterocycles. The maximum absolute atomic E-state index is 10.9. The van der Waals surface area contributed by atoms with Crippen molar-refractivity contribution in [2.45, 2.75) is 38.8 Å². The van der Waals surface area contributed by atoms with Crippen molar-refractivity contribution in [2.24, 2.45) is 5.92 Å². The zero-order chi connectivity index (χ0) is 14.0. The second kappa shape index (κ2) is 6.09. The van der Waals surface area contributed by atoms with E-state index in [9.17, 15) is 10.1 Å². The molecule has 0 aromatic heterocycles. The van der Waals surface area contributed by atoms with Crippen LogP contribution in [0.15, 0.2) is 10.4 Å². The monoisotopic (exact) mass is 333 g/mol. The highest BCUT2D eigenvalue weighted by molar-refractivity contribution is 9.11. The predicted molar refractivity (Wildman–Crippen MR) is 75.3 cm³/mol. The van der Waals surface area contributed by atoms with E-state index in [4.69, 9.17) is 4.74 Å². The summed E-state index contributed by atoms with van der Waals surface area (Å²) < 4.78 is 5.60. The Morgan fingerprint density at radius 2 is 2.37 bits per heavy atom. The molecule has 2 rings (SSSR count). The van der Waals surface area contributed by atoms with E-state index in [1.807, 2.05) is 0 Å². The quantitative estimate of drug-likeness (QED) is 0.485. The van der Waals surface area contributed by atoms with Crippen LogP contribution < -0.4 is 5.32 Å². The average Bonchev–Trinajstić information content (AvgIpc) is 2.76. The summed E-state index contributed by atoms with van der Waals surface area (Å²) in [5.41, 5.74) is 0. The van der Waals surface area contributed by atoms with Gasteiger partial charge in [0.15, 0.2) is 5.82 Å². The zero-order valence-electron chi connectivity index (χ0n) is 11.3. The maximum Gasteiger partial charge on any atom is 0.350 e. The van der Waals surface area contributed by atoms with E-state index in [0.717, 1.165) is 32.5 Å². The van der Waals surface area contributed by atoms with Crippen molar-refractivity contribution in [3.8, 4) is 0 Å². The summed E-state index contributed by atoms with van der Waals surface area (Å²) in [7, 11) is 0. The lowest BCUT2D eigenvalue weighted by atomic mass is 10.0. The van der Waals surface area contributed by atoms with Crippen LogP contribution in [0, 0.1) is 16.0 Å². The number of nitrogens with one attached hydrogen (secondary N) is 1. The molecule has 0 aromatic carbocycles. The Bertz CT molecular complexity index is 388. The molecule has 2 aliphatic rings. The largest absolute Gasteiger partial charge is 0.378 e. The lowest BCUT2D eigenvalue weighted by molar-refractivity contribution is -0.411. The summed E-state index contributed by atoms with van der Waals surface area (Å²) in [6.45, 7) is 6.50. The topological polar surface area (TPSA) is 67.6 Å². The zero-order valence-corrected chi connectivity index (χ0v) is 12.9. The van der Waals surface area contributed by atoms with E-state index in [1.54, 1.807) is 0 Å². The standard InChI is InChI=1S/C12H20BrN3O3/c1-8-3-4-14-12(11(13)16(17)18)15(8)6-10-5-9(2)19-7-10/h8-10,14H,3-7H2,1-2H3. The first-order chi connectivity index (χ1) is 8.99. The molecule has 7 heteroatoms. The molecule has 3 unspecified atom stereocenters. The first-order valence-electron chi connectivity index (χ1n) is 6.65. The second-order valence-electron chi connectivity index (χ2n) is 5.36. The van der Waals surface area contributed by atoms with Crippen LogP contribution in [0.5, 0.6) is 0 Å². The third-order valence-electron chi connectivity index (χ3n) is 3.77. The van der Waals surface area contributed by atoms with Gasteiger partial charge in [0.25, 0.3) is 0 Å². The van der Waals surface area contributed by atoms with Crippen molar-refractivity contribution in [3.63, 3.8) is 0 Å². The molecule has 108 valence electrons. The molecule has 19 heavy (non-hydrogen) atoms. The number of nitrogens with zero attached hydrogens (tertiary/aromatic N) is 2. The Hall–Kier alpha value is -0.820. The van der Waals surface area contributed by atoms with Crippen LogP contribution >= 0.6 is 15.9 Å². The first-order valence-corrected chi connectivity index (χ1v) is 7.44. The third-order valence-corrected chi connectivity index (χ3v) is 4.43. The van der Waals surface area contributed by atoms with E-state index in [1.165, 1.54) is 0 Å². The molecule has 1 N–H and O–H groups in total. The molecule has 0 saturated carbocycles. The van der Waals surface area contributed by atoms with Gasteiger partial charge >= 0.3 is 4.61 Å². The SMILES string of the molecule is CC1CC(CN2C(=C(Br)[N+](=O)[O-])NCCC2C)CO1. The molecule has 2 aliphatic heterocycles. The van der Waals surface area contributed by atoms with E-state index in [2.05, 4.69) is 40.0 Å². The molecule has 0 bridgehead atoms. The highest BCUT2D eigenvalue weighted by Gasteiger charge is 2.32. The fourth-order valence-electron chi connectivity index (χ4n) is 2.74. The fraction of sp³-hybridized carbons (Fsp3) is 0.833. The average molecular weight is 334 g/mol. The minimum atomic E-state index is -0.388. The molecule has 6 nitrogen and oxygen atoms in total. The van der Waals surface area contributed by atoms with Crippen molar-refractivity contribution in [1.29, 1.82) is 0 Å². The Kier molecular flexibility index (Phi) is 4.67. The Morgan fingerprint density at radius 1 is 1.63 bits per heavy atom. The van der Waals surface area contributed by atoms with Crippen LogP contribution in [0.4, 0.5) is 0 Å². The molecule has 3 atom stereocenters. The maximum atomic E-state index is 10.9. The van der Waals surface area contributed by atoms with Crippen LogP contribution in [0.3, 0.4) is 0 Å². The van der Waals surface area contributed by atoms with Crippen molar-refractivity contribution >= 4 is 15.9 Å². The highest BCUT2D eigenvalue weighted by Crippen LogP contribution is 2.27. The van der Waals surface area contributed by atoms with Gasteiger partial charge in [-0.2, -0.15) is 0 Å².